The minimum Gasteiger partial charge on any atom is -0.379 e. The molecule has 170 valence electrons. The number of carbonyl (C=O) groups excluding carboxylic acids is 1. The Balaban J connectivity index is 1.44. The van der Waals surface area contributed by atoms with Crippen LogP contribution in [0.4, 0.5) is 0 Å². The second-order valence-corrected chi connectivity index (χ2v) is 9.38. The summed E-state index contributed by atoms with van der Waals surface area (Å²) < 4.78 is 19.4. The predicted molar refractivity (Wildman–Crippen MR) is 121 cm³/mol. The van der Waals surface area contributed by atoms with Gasteiger partial charge in [0.05, 0.1) is 24.8 Å². The highest BCUT2D eigenvalue weighted by Gasteiger charge is 2.46. The first kappa shape index (κ1) is 20.4. The van der Waals surface area contributed by atoms with E-state index < -0.39 is 5.79 Å². The molecule has 1 aromatic heterocycles. The Labute approximate surface area is 188 Å². The van der Waals surface area contributed by atoms with Crippen molar-refractivity contribution in [2.45, 2.75) is 43.6 Å². The number of nitrogens with one attached hydrogen (secondary N) is 1. The number of hydrogen-bond donors (Lipinski definition) is 1. The highest BCUT2D eigenvalue weighted by Crippen LogP contribution is 2.49. The summed E-state index contributed by atoms with van der Waals surface area (Å²) in [4.78, 5) is 16.4. The standard InChI is InChI=1S/C25H31N3O4/c1-30-25(31-2)10-13-32-15-21(25)26-24(29)20-14-16-6-5-11-27-12-9-18-17-7-3-4-8-19(17)28(20)23(18)22(16)27/h3-4,7-8,14,16,21-22H,5-6,9-13,15H2,1-2H3,(H,26,29). The number of rotatable bonds is 4. The minimum absolute atomic E-state index is 0.0938. The Morgan fingerprint density at radius 3 is 2.91 bits per heavy atom. The van der Waals surface area contributed by atoms with E-state index >= 15 is 0 Å². The highest BCUT2D eigenvalue weighted by atomic mass is 16.7. The first-order chi connectivity index (χ1) is 15.7. The van der Waals surface area contributed by atoms with Gasteiger partial charge >= 0.3 is 0 Å². The van der Waals surface area contributed by atoms with Gasteiger partial charge < -0.3 is 24.1 Å². The normalized spacial score (nSPS) is 28.8. The molecule has 0 radical (unpaired) electrons. The van der Waals surface area contributed by atoms with Crippen molar-refractivity contribution >= 4 is 22.5 Å². The van der Waals surface area contributed by atoms with Gasteiger partial charge in [0.15, 0.2) is 5.79 Å². The Morgan fingerprint density at radius 2 is 2.06 bits per heavy atom. The van der Waals surface area contributed by atoms with Crippen LogP contribution in [0.15, 0.2) is 30.3 Å². The number of ether oxygens (including phenoxy) is 3. The van der Waals surface area contributed by atoms with Gasteiger partial charge in [0.2, 0.25) is 0 Å². The van der Waals surface area contributed by atoms with Crippen LogP contribution in [-0.2, 0) is 25.4 Å². The van der Waals surface area contributed by atoms with Gasteiger partial charge in [-0.25, -0.2) is 0 Å². The van der Waals surface area contributed by atoms with Crippen molar-refractivity contribution in [2.24, 2.45) is 5.92 Å². The zero-order chi connectivity index (χ0) is 21.9. The fraction of sp³-hybridized carbons (Fsp3) is 0.560. The van der Waals surface area contributed by atoms with Crippen molar-refractivity contribution in [3.63, 3.8) is 0 Å². The summed E-state index contributed by atoms with van der Waals surface area (Å²) in [5.41, 5.74) is 4.57. The van der Waals surface area contributed by atoms with Gasteiger partial charge in [0.25, 0.3) is 5.91 Å². The quantitative estimate of drug-likeness (QED) is 0.746. The van der Waals surface area contributed by atoms with Crippen LogP contribution in [-0.4, -0.2) is 67.7 Å². The minimum atomic E-state index is -0.870. The van der Waals surface area contributed by atoms with Crippen LogP contribution < -0.4 is 5.32 Å². The molecule has 0 bridgehead atoms. The zero-order valence-electron chi connectivity index (χ0n) is 18.8. The molecule has 1 aromatic carbocycles. The lowest BCUT2D eigenvalue weighted by atomic mass is 9.80. The number of fused-ring (bicyclic) bond motifs is 3. The van der Waals surface area contributed by atoms with Gasteiger partial charge in [-0.3, -0.25) is 9.69 Å². The number of carbonyl (C=O) groups is 1. The molecular weight excluding hydrogens is 406 g/mol. The lowest BCUT2D eigenvalue weighted by Crippen LogP contribution is -2.60. The molecule has 0 aliphatic carbocycles. The summed E-state index contributed by atoms with van der Waals surface area (Å²) in [7, 11) is 3.26. The maximum atomic E-state index is 13.8. The summed E-state index contributed by atoms with van der Waals surface area (Å²) in [5, 5.41) is 4.48. The Kier molecular flexibility index (Phi) is 4.91. The number of hydrogen-bond acceptors (Lipinski definition) is 5. The van der Waals surface area contributed by atoms with E-state index in [9.17, 15) is 4.79 Å². The summed E-state index contributed by atoms with van der Waals surface area (Å²) in [6, 6.07) is 8.50. The van der Waals surface area contributed by atoms with Gasteiger partial charge in [-0.1, -0.05) is 18.2 Å². The van der Waals surface area contributed by atoms with Crippen molar-refractivity contribution in [1.82, 2.24) is 14.8 Å². The SMILES string of the molecule is COC1(OC)CCOCC1NC(=O)C1=CC2CCCN3CCc4c(n1c1ccccc41)C23. The number of aromatic nitrogens is 1. The van der Waals surface area contributed by atoms with Gasteiger partial charge in [-0.2, -0.15) is 0 Å². The summed E-state index contributed by atoms with van der Waals surface area (Å²) in [6.45, 7) is 3.15. The molecule has 0 saturated carbocycles. The molecule has 0 spiro atoms. The molecule has 2 aromatic rings. The fourth-order valence-electron chi connectivity index (χ4n) is 6.44. The second-order valence-electron chi connectivity index (χ2n) is 9.38. The Hall–Kier alpha value is -2.19. The summed E-state index contributed by atoms with van der Waals surface area (Å²) in [5.74, 6) is -0.605. The molecule has 2 saturated heterocycles. The van der Waals surface area contributed by atoms with E-state index in [1.807, 2.05) is 0 Å². The number of nitrogens with zero attached hydrogens (tertiary/aromatic N) is 2. The predicted octanol–water partition coefficient (Wildman–Crippen LogP) is 2.70. The molecule has 2 fully saturated rings. The number of benzene rings is 1. The molecule has 6 rings (SSSR count). The molecule has 1 N–H and O–H groups in total. The number of amides is 1. The average molecular weight is 438 g/mol. The van der Waals surface area contributed by atoms with Crippen molar-refractivity contribution in [3.05, 3.63) is 41.6 Å². The van der Waals surface area contributed by atoms with Crippen LogP contribution in [0.1, 0.15) is 36.6 Å². The van der Waals surface area contributed by atoms with Crippen LogP contribution in [0, 0.1) is 5.92 Å². The van der Waals surface area contributed by atoms with Crippen LogP contribution in [0.25, 0.3) is 16.6 Å². The molecule has 3 unspecified atom stereocenters. The molecule has 4 aliphatic heterocycles. The van der Waals surface area contributed by atoms with Gasteiger partial charge in [0, 0.05) is 44.2 Å². The highest BCUT2D eigenvalue weighted by molar-refractivity contribution is 6.16. The van der Waals surface area contributed by atoms with Crippen molar-refractivity contribution < 1.29 is 19.0 Å². The monoisotopic (exact) mass is 437 g/mol. The van der Waals surface area contributed by atoms with Crippen LogP contribution in [0.3, 0.4) is 0 Å². The third kappa shape index (κ3) is 2.85. The van der Waals surface area contributed by atoms with E-state index in [-0.39, 0.29) is 11.9 Å². The maximum Gasteiger partial charge on any atom is 0.268 e. The van der Waals surface area contributed by atoms with Gasteiger partial charge in [0.1, 0.15) is 11.7 Å². The Bertz CT molecular complexity index is 1090. The third-order valence-corrected chi connectivity index (χ3v) is 7.98. The maximum absolute atomic E-state index is 13.8. The van der Waals surface area contributed by atoms with Gasteiger partial charge in [-0.05, 0) is 43.5 Å². The van der Waals surface area contributed by atoms with E-state index in [2.05, 4.69) is 45.1 Å². The second kappa shape index (κ2) is 7.70. The third-order valence-electron chi connectivity index (χ3n) is 7.98. The molecule has 1 amide bonds. The molecule has 3 atom stereocenters. The smallest absolute Gasteiger partial charge is 0.268 e. The lowest BCUT2D eigenvalue weighted by Gasteiger charge is -2.46. The van der Waals surface area contributed by atoms with Crippen molar-refractivity contribution in [2.75, 3.05) is 40.5 Å². The van der Waals surface area contributed by atoms with E-state index in [4.69, 9.17) is 14.2 Å². The van der Waals surface area contributed by atoms with E-state index in [1.165, 1.54) is 23.1 Å². The van der Waals surface area contributed by atoms with E-state index in [0.29, 0.717) is 31.6 Å². The Morgan fingerprint density at radius 1 is 1.22 bits per heavy atom. The van der Waals surface area contributed by atoms with Crippen LogP contribution in [0.2, 0.25) is 0 Å². The average Bonchev–Trinajstić information content (AvgIpc) is 3.18. The molecule has 5 heterocycles. The molecule has 32 heavy (non-hydrogen) atoms. The first-order valence-corrected chi connectivity index (χ1v) is 11.7. The molecule has 7 nitrogen and oxygen atoms in total. The lowest BCUT2D eigenvalue weighted by molar-refractivity contribution is -0.257. The van der Waals surface area contributed by atoms with Crippen LogP contribution >= 0.6 is 0 Å². The summed E-state index contributed by atoms with van der Waals surface area (Å²) in [6.07, 6.45) is 6.12. The number of piperidine rings is 1. The largest absolute Gasteiger partial charge is 0.379 e. The molecule has 7 heteroatoms. The topological polar surface area (TPSA) is 65.0 Å². The van der Waals surface area contributed by atoms with Crippen LogP contribution in [0.5, 0.6) is 0 Å². The van der Waals surface area contributed by atoms with E-state index in [0.717, 1.165) is 37.1 Å². The number of methoxy groups -OCH3 is 2. The first-order valence-electron chi connectivity index (χ1n) is 11.7. The summed E-state index contributed by atoms with van der Waals surface area (Å²) >= 11 is 0. The molecular formula is C25H31N3O4. The zero-order valence-corrected chi connectivity index (χ0v) is 18.8. The van der Waals surface area contributed by atoms with Crippen molar-refractivity contribution in [1.29, 1.82) is 0 Å². The van der Waals surface area contributed by atoms with Crippen molar-refractivity contribution in [3.8, 4) is 0 Å². The fourth-order valence-corrected chi connectivity index (χ4v) is 6.44. The molecule has 4 aliphatic rings. The number of para-hydroxylation sites is 1. The van der Waals surface area contributed by atoms with E-state index in [1.54, 1.807) is 14.2 Å². The van der Waals surface area contributed by atoms with Gasteiger partial charge in [-0.15, -0.1) is 0 Å².